The van der Waals surface area contributed by atoms with Crippen molar-refractivity contribution in [3.63, 3.8) is 0 Å². The third kappa shape index (κ3) is 2.88. The van der Waals surface area contributed by atoms with Crippen molar-refractivity contribution in [1.29, 1.82) is 0 Å². The first-order valence-electron chi connectivity index (χ1n) is 6.03. The van der Waals surface area contributed by atoms with Gasteiger partial charge in [0.2, 0.25) is 5.91 Å². The maximum absolute atomic E-state index is 12.1. The summed E-state index contributed by atoms with van der Waals surface area (Å²) >= 11 is 1.45. The summed E-state index contributed by atoms with van der Waals surface area (Å²) in [7, 11) is 0. The minimum Gasteiger partial charge on any atom is -0.339 e. The van der Waals surface area contributed by atoms with E-state index in [-0.39, 0.29) is 11.8 Å². The number of amides is 2. The second-order valence-corrected chi connectivity index (χ2v) is 5.14. The van der Waals surface area contributed by atoms with Gasteiger partial charge >= 0.3 is 0 Å². The average Bonchev–Trinajstić information content (AvgIpc) is 2.92. The molecule has 18 heavy (non-hydrogen) atoms. The van der Waals surface area contributed by atoms with E-state index in [9.17, 15) is 9.59 Å². The van der Waals surface area contributed by atoms with Crippen molar-refractivity contribution in [2.45, 2.75) is 6.42 Å². The molecule has 0 atom stereocenters. The highest BCUT2D eigenvalue weighted by atomic mass is 32.1. The van der Waals surface area contributed by atoms with Crippen molar-refractivity contribution in [3.8, 4) is 0 Å². The van der Waals surface area contributed by atoms with Gasteiger partial charge in [-0.05, 0) is 11.4 Å². The van der Waals surface area contributed by atoms with Crippen LogP contribution in [0.3, 0.4) is 0 Å². The van der Waals surface area contributed by atoms with Crippen LogP contribution >= 0.6 is 11.3 Å². The summed E-state index contributed by atoms with van der Waals surface area (Å²) in [5, 5.41) is 1.90. The Kier molecular flexibility index (Phi) is 4.33. The zero-order valence-corrected chi connectivity index (χ0v) is 11.0. The third-order valence-electron chi connectivity index (χ3n) is 3.01. The smallest absolute Gasteiger partial charge is 0.264 e. The minimum atomic E-state index is 0.0657. The zero-order chi connectivity index (χ0) is 13.0. The van der Waals surface area contributed by atoms with Gasteiger partial charge in [-0.1, -0.05) is 6.07 Å². The first kappa shape index (κ1) is 13.0. The standard InChI is InChI=1S/C12H17N3O2S/c13-4-3-11(16)14-5-7-15(8-6-14)12(17)10-2-1-9-18-10/h1-2,9H,3-8,13H2. The lowest BCUT2D eigenvalue weighted by atomic mass is 10.2. The molecule has 5 nitrogen and oxygen atoms in total. The molecule has 0 unspecified atom stereocenters. The molecule has 1 saturated heterocycles. The van der Waals surface area contributed by atoms with Crippen molar-refractivity contribution >= 4 is 23.2 Å². The summed E-state index contributed by atoms with van der Waals surface area (Å²) in [5.41, 5.74) is 5.37. The number of nitrogens with zero attached hydrogens (tertiary/aromatic N) is 2. The molecule has 2 heterocycles. The van der Waals surface area contributed by atoms with Gasteiger partial charge in [0, 0.05) is 39.1 Å². The molecule has 1 aliphatic rings. The Morgan fingerprint density at radius 1 is 1.22 bits per heavy atom. The van der Waals surface area contributed by atoms with Gasteiger partial charge in [0.1, 0.15) is 0 Å². The van der Waals surface area contributed by atoms with Crippen LogP contribution in [0.4, 0.5) is 0 Å². The van der Waals surface area contributed by atoms with Crippen molar-refractivity contribution in [3.05, 3.63) is 22.4 Å². The van der Waals surface area contributed by atoms with Crippen molar-refractivity contribution < 1.29 is 9.59 Å². The number of carbonyl (C=O) groups excluding carboxylic acids is 2. The highest BCUT2D eigenvalue weighted by molar-refractivity contribution is 7.12. The Hall–Kier alpha value is -1.40. The fraction of sp³-hybridized carbons (Fsp3) is 0.500. The molecular formula is C12H17N3O2S. The zero-order valence-electron chi connectivity index (χ0n) is 10.2. The summed E-state index contributed by atoms with van der Waals surface area (Å²) in [4.78, 5) is 28.1. The molecule has 0 aromatic carbocycles. The van der Waals surface area contributed by atoms with E-state index in [0.29, 0.717) is 39.1 Å². The Morgan fingerprint density at radius 2 is 1.89 bits per heavy atom. The van der Waals surface area contributed by atoms with Gasteiger partial charge in [-0.15, -0.1) is 11.3 Å². The monoisotopic (exact) mass is 267 g/mol. The summed E-state index contributed by atoms with van der Waals surface area (Å²) < 4.78 is 0. The van der Waals surface area contributed by atoms with Gasteiger partial charge in [-0.3, -0.25) is 9.59 Å². The van der Waals surface area contributed by atoms with Gasteiger partial charge in [-0.2, -0.15) is 0 Å². The van der Waals surface area contributed by atoms with E-state index in [1.807, 2.05) is 17.5 Å². The topological polar surface area (TPSA) is 66.6 Å². The predicted octanol–water partition coefficient (Wildman–Crippen LogP) is 0.381. The summed E-state index contributed by atoms with van der Waals surface area (Å²) in [6.45, 7) is 2.80. The minimum absolute atomic E-state index is 0.0657. The van der Waals surface area contributed by atoms with E-state index < -0.39 is 0 Å². The molecule has 2 N–H and O–H groups in total. The van der Waals surface area contributed by atoms with Crippen LogP contribution in [0.25, 0.3) is 0 Å². The average molecular weight is 267 g/mol. The molecule has 6 heteroatoms. The van der Waals surface area contributed by atoms with Gasteiger partial charge < -0.3 is 15.5 Å². The summed E-state index contributed by atoms with van der Waals surface area (Å²) in [5.74, 6) is 0.150. The number of hydrogen-bond donors (Lipinski definition) is 1. The predicted molar refractivity (Wildman–Crippen MR) is 70.5 cm³/mol. The molecule has 1 aromatic heterocycles. The van der Waals surface area contributed by atoms with Crippen LogP contribution < -0.4 is 5.73 Å². The van der Waals surface area contributed by atoms with Crippen LogP contribution in [0, 0.1) is 0 Å². The van der Waals surface area contributed by atoms with Crippen LogP contribution in [0.15, 0.2) is 17.5 Å². The van der Waals surface area contributed by atoms with Crippen LogP contribution in [-0.4, -0.2) is 54.3 Å². The number of piperazine rings is 1. The van der Waals surface area contributed by atoms with Gasteiger partial charge in [-0.25, -0.2) is 0 Å². The lowest BCUT2D eigenvalue weighted by Gasteiger charge is -2.34. The van der Waals surface area contributed by atoms with Crippen molar-refractivity contribution in [2.24, 2.45) is 5.73 Å². The second kappa shape index (κ2) is 5.97. The number of nitrogens with two attached hydrogens (primary N) is 1. The fourth-order valence-electron chi connectivity index (χ4n) is 2.00. The van der Waals surface area contributed by atoms with Crippen LogP contribution in [0.1, 0.15) is 16.1 Å². The van der Waals surface area contributed by atoms with Gasteiger partial charge in [0.25, 0.3) is 5.91 Å². The molecule has 1 fully saturated rings. The Labute approximate surface area is 110 Å². The van der Waals surface area contributed by atoms with E-state index in [0.717, 1.165) is 4.88 Å². The number of hydrogen-bond acceptors (Lipinski definition) is 4. The van der Waals surface area contributed by atoms with Crippen molar-refractivity contribution in [1.82, 2.24) is 9.80 Å². The second-order valence-electron chi connectivity index (χ2n) is 4.19. The first-order valence-corrected chi connectivity index (χ1v) is 6.91. The van der Waals surface area contributed by atoms with Crippen LogP contribution in [0.5, 0.6) is 0 Å². The molecule has 1 aromatic rings. The van der Waals surface area contributed by atoms with E-state index in [2.05, 4.69) is 0 Å². The molecular weight excluding hydrogens is 250 g/mol. The van der Waals surface area contributed by atoms with Crippen LogP contribution in [-0.2, 0) is 4.79 Å². The Bertz CT molecular complexity index is 411. The SMILES string of the molecule is NCCC(=O)N1CCN(C(=O)c2cccs2)CC1. The first-order chi connectivity index (χ1) is 8.72. The van der Waals surface area contributed by atoms with Crippen molar-refractivity contribution in [2.75, 3.05) is 32.7 Å². The Balaban J connectivity index is 1.87. The third-order valence-corrected chi connectivity index (χ3v) is 3.87. The molecule has 0 radical (unpaired) electrons. The number of thiophene rings is 1. The number of carbonyl (C=O) groups is 2. The quantitative estimate of drug-likeness (QED) is 0.861. The van der Waals surface area contributed by atoms with Gasteiger partial charge in [0.05, 0.1) is 4.88 Å². The molecule has 2 amide bonds. The number of rotatable bonds is 3. The van der Waals surface area contributed by atoms with Crippen LogP contribution in [0.2, 0.25) is 0 Å². The summed E-state index contributed by atoms with van der Waals surface area (Å²) in [6.07, 6.45) is 0.388. The van der Waals surface area contributed by atoms with E-state index >= 15 is 0 Å². The normalized spacial score (nSPS) is 15.8. The molecule has 0 saturated carbocycles. The van der Waals surface area contributed by atoms with E-state index in [4.69, 9.17) is 5.73 Å². The molecule has 1 aliphatic heterocycles. The van der Waals surface area contributed by atoms with E-state index in [1.54, 1.807) is 9.80 Å². The highest BCUT2D eigenvalue weighted by Crippen LogP contribution is 2.14. The lowest BCUT2D eigenvalue weighted by Crippen LogP contribution is -2.50. The lowest BCUT2D eigenvalue weighted by molar-refractivity contribution is -0.132. The highest BCUT2D eigenvalue weighted by Gasteiger charge is 2.24. The summed E-state index contributed by atoms with van der Waals surface area (Å²) in [6, 6.07) is 3.71. The maximum Gasteiger partial charge on any atom is 0.264 e. The molecule has 0 aliphatic carbocycles. The molecule has 0 spiro atoms. The maximum atomic E-state index is 12.1. The molecule has 0 bridgehead atoms. The Morgan fingerprint density at radius 3 is 2.44 bits per heavy atom. The molecule has 98 valence electrons. The van der Waals surface area contributed by atoms with E-state index in [1.165, 1.54) is 11.3 Å². The van der Waals surface area contributed by atoms with Gasteiger partial charge in [0.15, 0.2) is 0 Å². The fourth-order valence-corrected chi connectivity index (χ4v) is 2.69. The largest absolute Gasteiger partial charge is 0.339 e. The molecule has 2 rings (SSSR count).